The Hall–Kier alpha value is -3.48. The van der Waals surface area contributed by atoms with Crippen LogP contribution in [0.25, 0.3) is 0 Å². The highest BCUT2D eigenvalue weighted by Gasteiger charge is 2.35. The number of amides is 3. The first-order valence-electron chi connectivity index (χ1n) is 8.62. The Balaban J connectivity index is 1.79. The summed E-state index contributed by atoms with van der Waals surface area (Å²) in [5.41, 5.74) is 1.24. The van der Waals surface area contributed by atoms with Gasteiger partial charge in [0.25, 0.3) is 17.7 Å². The fraction of sp³-hybridized carbons (Fsp3) is 0.190. The monoisotopic (exact) mass is 382 g/mol. The maximum atomic E-state index is 13.9. The minimum atomic E-state index is -0.523. The van der Waals surface area contributed by atoms with Gasteiger partial charge in [0.1, 0.15) is 0 Å². The van der Waals surface area contributed by atoms with E-state index >= 15 is 0 Å². The van der Waals surface area contributed by atoms with Crippen LogP contribution in [-0.4, -0.2) is 36.3 Å². The normalized spacial score (nSPS) is 13.9. The summed E-state index contributed by atoms with van der Waals surface area (Å²) in [6.45, 7) is 5.36. The standard InChI is InChI=1S/C21H19FN2O4/c1-4-9-24-20(26)15-7-5-14(10-16(15)21(24)27)19(25)23-12(2)13-6-8-18(28-3)17(22)11-13/h4-8,10-12H,1,9H2,2-3H3,(H,23,25)/t12-/m0/s1. The Kier molecular flexibility index (Phi) is 5.26. The van der Waals surface area contributed by atoms with Gasteiger partial charge in [-0.1, -0.05) is 12.1 Å². The second kappa shape index (κ2) is 7.64. The number of halogens is 1. The van der Waals surface area contributed by atoms with Crippen molar-refractivity contribution in [2.24, 2.45) is 0 Å². The summed E-state index contributed by atoms with van der Waals surface area (Å²) < 4.78 is 18.8. The topological polar surface area (TPSA) is 75.7 Å². The summed E-state index contributed by atoms with van der Waals surface area (Å²) in [7, 11) is 1.37. The van der Waals surface area contributed by atoms with Crippen LogP contribution in [0.3, 0.4) is 0 Å². The maximum absolute atomic E-state index is 13.9. The highest BCUT2D eigenvalue weighted by molar-refractivity contribution is 6.22. The summed E-state index contributed by atoms with van der Waals surface area (Å²) >= 11 is 0. The van der Waals surface area contributed by atoms with Crippen molar-refractivity contribution in [1.82, 2.24) is 10.2 Å². The lowest BCUT2D eigenvalue weighted by atomic mass is 10.0. The molecule has 28 heavy (non-hydrogen) atoms. The van der Waals surface area contributed by atoms with E-state index in [0.29, 0.717) is 5.56 Å². The molecule has 7 heteroatoms. The summed E-state index contributed by atoms with van der Waals surface area (Å²) in [4.78, 5) is 38.3. The fourth-order valence-electron chi connectivity index (χ4n) is 3.04. The lowest BCUT2D eigenvalue weighted by molar-refractivity contribution is 0.0672. The number of hydrogen-bond acceptors (Lipinski definition) is 4. The highest BCUT2D eigenvalue weighted by atomic mass is 19.1. The number of carbonyl (C=O) groups excluding carboxylic acids is 3. The number of nitrogens with one attached hydrogen (secondary N) is 1. The molecule has 1 heterocycles. The summed E-state index contributed by atoms with van der Waals surface area (Å²) in [6, 6.07) is 8.31. The van der Waals surface area contributed by atoms with Gasteiger partial charge in [-0.3, -0.25) is 19.3 Å². The lowest BCUT2D eigenvalue weighted by Gasteiger charge is -2.15. The number of ether oxygens (including phenoxy) is 1. The van der Waals surface area contributed by atoms with Crippen LogP contribution in [0.1, 0.15) is 49.6 Å². The van der Waals surface area contributed by atoms with Gasteiger partial charge in [0.2, 0.25) is 0 Å². The zero-order chi connectivity index (χ0) is 20.4. The minimum absolute atomic E-state index is 0.105. The molecule has 0 aromatic heterocycles. The number of rotatable bonds is 6. The molecule has 0 aliphatic carbocycles. The van der Waals surface area contributed by atoms with E-state index in [-0.39, 0.29) is 29.0 Å². The highest BCUT2D eigenvalue weighted by Crippen LogP contribution is 2.25. The number of carbonyl (C=O) groups is 3. The molecule has 1 N–H and O–H groups in total. The van der Waals surface area contributed by atoms with Crippen molar-refractivity contribution in [1.29, 1.82) is 0 Å². The first-order valence-corrected chi connectivity index (χ1v) is 8.62. The molecule has 3 amide bonds. The van der Waals surface area contributed by atoms with E-state index in [1.165, 1.54) is 43.5 Å². The zero-order valence-corrected chi connectivity index (χ0v) is 15.5. The average Bonchev–Trinajstić information content (AvgIpc) is 2.92. The summed E-state index contributed by atoms with van der Waals surface area (Å²) in [6.07, 6.45) is 1.46. The largest absolute Gasteiger partial charge is 0.494 e. The van der Waals surface area contributed by atoms with Crippen molar-refractivity contribution in [2.45, 2.75) is 13.0 Å². The van der Waals surface area contributed by atoms with E-state index in [2.05, 4.69) is 11.9 Å². The molecule has 0 saturated carbocycles. The molecule has 0 fully saturated rings. The van der Waals surface area contributed by atoms with Crippen molar-refractivity contribution in [3.05, 3.63) is 77.1 Å². The third-order valence-corrected chi connectivity index (χ3v) is 4.57. The van der Waals surface area contributed by atoms with Gasteiger partial charge in [-0.25, -0.2) is 4.39 Å². The molecule has 3 rings (SSSR count). The molecule has 6 nitrogen and oxygen atoms in total. The summed E-state index contributed by atoms with van der Waals surface area (Å²) in [5.74, 6) is -1.71. The van der Waals surface area contributed by atoms with Gasteiger partial charge in [-0.05, 0) is 42.8 Å². The fourth-order valence-corrected chi connectivity index (χ4v) is 3.04. The van der Waals surface area contributed by atoms with Crippen LogP contribution >= 0.6 is 0 Å². The van der Waals surface area contributed by atoms with Crippen molar-refractivity contribution in [3.8, 4) is 5.75 Å². The molecule has 0 unspecified atom stereocenters. The number of fused-ring (bicyclic) bond motifs is 1. The third-order valence-electron chi connectivity index (χ3n) is 4.57. The molecule has 2 aromatic carbocycles. The van der Waals surface area contributed by atoms with Crippen LogP contribution in [0.5, 0.6) is 5.75 Å². The van der Waals surface area contributed by atoms with E-state index < -0.39 is 29.6 Å². The molecule has 1 aliphatic rings. The van der Waals surface area contributed by atoms with Gasteiger partial charge < -0.3 is 10.1 Å². The lowest BCUT2D eigenvalue weighted by Crippen LogP contribution is -2.29. The van der Waals surface area contributed by atoms with Gasteiger partial charge in [0.05, 0.1) is 24.3 Å². The maximum Gasteiger partial charge on any atom is 0.261 e. The molecular formula is C21H19FN2O4. The number of imide groups is 1. The molecule has 1 aliphatic heterocycles. The molecule has 1 atom stereocenters. The smallest absolute Gasteiger partial charge is 0.261 e. The van der Waals surface area contributed by atoms with E-state index in [1.807, 2.05) is 0 Å². The predicted molar refractivity (Wildman–Crippen MR) is 101 cm³/mol. The van der Waals surface area contributed by atoms with E-state index in [0.717, 1.165) is 4.90 Å². The van der Waals surface area contributed by atoms with Crippen LogP contribution in [0.4, 0.5) is 4.39 Å². The van der Waals surface area contributed by atoms with Gasteiger partial charge in [0.15, 0.2) is 11.6 Å². The van der Waals surface area contributed by atoms with Crippen molar-refractivity contribution < 1.29 is 23.5 Å². The van der Waals surface area contributed by atoms with E-state index in [4.69, 9.17) is 4.74 Å². The predicted octanol–water partition coefficient (Wildman–Crippen LogP) is 3.11. The van der Waals surface area contributed by atoms with Crippen molar-refractivity contribution in [3.63, 3.8) is 0 Å². The Morgan fingerprint density at radius 1 is 1.21 bits per heavy atom. The van der Waals surface area contributed by atoms with Gasteiger partial charge >= 0.3 is 0 Å². The van der Waals surface area contributed by atoms with E-state index in [1.54, 1.807) is 13.0 Å². The van der Waals surface area contributed by atoms with Crippen LogP contribution in [0.2, 0.25) is 0 Å². The average molecular weight is 382 g/mol. The van der Waals surface area contributed by atoms with Crippen molar-refractivity contribution >= 4 is 17.7 Å². The molecule has 0 spiro atoms. The Labute approximate surface area is 161 Å². The SMILES string of the molecule is C=CCN1C(=O)c2ccc(C(=O)N[C@@H](C)c3ccc(OC)c(F)c3)cc2C1=O. The zero-order valence-electron chi connectivity index (χ0n) is 15.5. The number of nitrogens with zero attached hydrogens (tertiary/aromatic N) is 1. The van der Waals surface area contributed by atoms with E-state index in [9.17, 15) is 18.8 Å². The van der Waals surface area contributed by atoms with Gasteiger partial charge in [-0.15, -0.1) is 6.58 Å². The molecule has 2 aromatic rings. The molecule has 0 bridgehead atoms. The second-order valence-corrected chi connectivity index (χ2v) is 6.36. The number of benzene rings is 2. The molecule has 0 radical (unpaired) electrons. The molecular weight excluding hydrogens is 363 g/mol. The van der Waals surface area contributed by atoms with Gasteiger partial charge in [0, 0.05) is 12.1 Å². The number of hydrogen-bond donors (Lipinski definition) is 1. The molecule has 144 valence electrons. The van der Waals surface area contributed by atoms with Crippen LogP contribution in [-0.2, 0) is 0 Å². The summed E-state index contributed by atoms with van der Waals surface area (Å²) in [5, 5.41) is 2.76. The number of methoxy groups -OCH3 is 1. The van der Waals surface area contributed by atoms with Gasteiger partial charge in [-0.2, -0.15) is 0 Å². The quantitative estimate of drug-likeness (QED) is 0.615. The van der Waals surface area contributed by atoms with Crippen molar-refractivity contribution in [2.75, 3.05) is 13.7 Å². The van der Waals surface area contributed by atoms with Crippen LogP contribution in [0, 0.1) is 5.82 Å². The Bertz CT molecular complexity index is 986. The molecule has 0 saturated heterocycles. The Morgan fingerprint density at radius 3 is 2.57 bits per heavy atom. The minimum Gasteiger partial charge on any atom is -0.494 e. The van der Waals surface area contributed by atoms with Crippen LogP contribution < -0.4 is 10.1 Å². The Morgan fingerprint density at radius 2 is 1.93 bits per heavy atom. The third kappa shape index (κ3) is 3.38. The first kappa shape index (κ1) is 19.3. The first-order chi connectivity index (χ1) is 13.4. The second-order valence-electron chi connectivity index (χ2n) is 6.36. The van der Waals surface area contributed by atoms with Crippen LogP contribution in [0.15, 0.2) is 49.1 Å².